The van der Waals surface area contributed by atoms with Crippen LogP contribution < -0.4 is 5.32 Å². The molecule has 3 aromatic rings. The van der Waals surface area contributed by atoms with Gasteiger partial charge in [0.2, 0.25) is 0 Å². The van der Waals surface area contributed by atoms with Crippen molar-refractivity contribution < 1.29 is 26.3 Å². The van der Waals surface area contributed by atoms with Crippen LogP contribution in [0.3, 0.4) is 0 Å². The van der Waals surface area contributed by atoms with Gasteiger partial charge in [-0.15, -0.1) is 5.10 Å². The summed E-state index contributed by atoms with van der Waals surface area (Å²) in [7, 11) is 1.35. The van der Waals surface area contributed by atoms with Crippen molar-refractivity contribution in [1.29, 1.82) is 0 Å². The Kier molecular flexibility index (Phi) is 4.04. The lowest BCUT2D eigenvalue weighted by atomic mass is 10.1. The molecule has 0 amide bonds. The number of halogens is 6. The summed E-state index contributed by atoms with van der Waals surface area (Å²) in [6.45, 7) is 1.65. The third kappa shape index (κ3) is 2.93. The van der Waals surface area contributed by atoms with Crippen molar-refractivity contribution in [3.05, 3.63) is 41.3 Å². The minimum absolute atomic E-state index is 0.00536. The van der Waals surface area contributed by atoms with Crippen LogP contribution in [0.1, 0.15) is 16.8 Å². The number of rotatable bonds is 2. The molecule has 0 aromatic carbocycles. The molecule has 0 bridgehead atoms. The lowest BCUT2D eigenvalue weighted by Crippen LogP contribution is -2.13. The van der Waals surface area contributed by atoms with Crippen LogP contribution in [0.5, 0.6) is 0 Å². The van der Waals surface area contributed by atoms with Crippen molar-refractivity contribution in [3.8, 4) is 5.69 Å². The molecule has 138 valence electrons. The van der Waals surface area contributed by atoms with E-state index in [1.807, 2.05) is 0 Å². The highest BCUT2D eigenvalue weighted by molar-refractivity contribution is 5.92. The SMILES string of the molecule is CNc1c2c(C(F)(F)F)cc(C(F)(F)F)nc2nn1-c1ccncc1C. The van der Waals surface area contributed by atoms with Crippen LogP contribution in [0.25, 0.3) is 16.7 Å². The molecule has 5 nitrogen and oxygen atoms in total. The van der Waals surface area contributed by atoms with Gasteiger partial charge in [-0.2, -0.15) is 26.3 Å². The average Bonchev–Trinajstić information content (AvgIpc) is 2.90. The molecule has 3 aromatic heterocycles. The van der Waals surface area contributed by atoms with Gasteiger partial charge in [0, 0.05) is 19.4 Å². The zero-order chi connectivity index (χ0) is 19.3. The lowest BCUT2D eigenvalue weighted by molar-refractivity contribution is -0.144. The number of aryl methyl sites for hydroxylation is 1. The number of nitrogens with zero attached hydrogens (tertiary/aromatic N) is 4. The van der Waals surface area contributed by atoms with Crippen molar-refractivity contribution in [2.24, 2.45) is 0 Å². The highest BCUT2D eigenvalue weighted by atomic mass is 19.4. The lowest BCUT2D eigenvalue weighted by Gasteiger charge is -2.13. The molecule has 0 atom stereocenters. The van der Waals surface area contributed by atoms with Crippen molar-refractivity contribution in [2.75, 3.05) is 12.4 Å². The van der Waals surface area contributed by atoms with Gasteiger partial charge < -0.3 is 5.32 Å². The van der Waals surface area contributed by atoms with Crippen molar-refractivity contribution in [3.63, 3.8) is 0 Å². The van der Waals surface area contributed by atoms with Crippen molar-refractivity contribution in [1.82, 2.24) is 19.7 Å². The number of aromatic nitrogens is 4. The van der Waals surface area contributed by atoms with Gasteiger partial charge >= 0.3 is 12.4 Å². The number of alkyl halides is 6. The van der Waals surface area contributed by atoms with Gasteiger partial charge in [-0.1, -0.05) is 0 Å². The molecule has 0 fully saturated rings. The average molecular weight is 375 g/mol. The molecule has 0 saturated heterocycles. The maximum absolute atomic E-state index is 13.4. The van der Waals surface area contributed by atoms with E-state index in [4.69, 9.17) is 0 Å². The van der Waals surface area contributed by atoms with Gasteiger partial charge in [0.15, 0.2) is 5.65 Å². The summed E-state index contributed by atoms with van der Waals surface area (Å²) in [6, 6.07) is 1.48. The van der Waals surface area contributed by atoms with E-state index < -0.39 is 34.6 Å². The van der Waals surface area contributed by atoms with E-state index >= 15 is 0 Å². The minimum atomic E-state index is -5.04. The number of nitrogens with one attached hydrogen (secondary N) is 1. The summed E-state index contributed by atoms with van der Waals surface area (Å²) in [5, 5.41) is 5.91. The molecule has 1 N–H and O–H groups in total. The summed E-state index contributed by atoms with van der Waals surface area (Å²) in [5.41, 5.74) is -2.84. The van der Waals surface area contributed by atoms with E-state index in [0.717, 1.165) is 4.68 Å². The van der Waals surface area contributed by atoms with Gasteiger partial charge in [-0.05, 0) is 24.6 Å². The highest BCUT2D eigenvalue weighted by Crippen LogP contribution is 2.41. The molecule has 0 saturated carbocycles. The topological polar surface area (TPSA) is 55.6 Å². The number of hydrogen-bond acceptors (Lipinski definition) is 4. The third-order valence-electron chi connectivity index (χ3n) is 3.70. The quantitative estimate of drug-likeness (QED) is 0.682. The maximum Gasteiger partial charge on any atom is 0.433 e. The van der Waals surface area contributed by atoms with E-state index in [2.05, 4.69) is 20.4 Å². The second kappa shape index (κ2) is 5.85. The zero-order valence-corrected chi connectivity index (χ0v) is 13.4. The Morgan fingerprint density at radius 3 is 2.31 bits per heavy atom. The van der Waals surface area contributed by atoms with E-state index in [9.17, 15) is 26.3 Å². The molecule has 0 aliphatic heterocycles. The Bertz CT molecular complexity index is 973. The van der Waals surface area contributed by atoms with Gasteiger partial charge in [-0.3, -0.25) is 4.98 Å². The first-order valence-corrected chi connectivity index (χ1v) is 7.21. The predicted octanol–water partition coefficient (Wildman–Crippen LogP) is 4.20. The zero-order valence-electron chi connectivity index (χ0n) is 13.4. The van der Waals surface area contributed by atoms with Crippen LogP contribution in [-0.2, 0) is 12.4 Å². The summed E-state index contributed by atoms with van der Waals surface area (Å²) < 4.78 is 80.3. The predicted molar refractivity (Wildman–Crippen MR) is 80.9 cm³/mol. The first-order valence-electron chi connectivity index (χ1n) is 7.21. The Labute approximate surface area is 142 Å². The van der Waals surface area contributed by atoms with Crippen LogP contribution >= 0.6 is 0 Å². The van der Waals surface area contributed by atoms with Crippen molar-refractivity contribution in [2.45, 2.75) is 19.3 Å². The van der Waals surface area contributed by atoms with Crippen molar-refractivity contribution >= 4 is 16.9 Å². The Balaban J connectivity index is 2.43. The van der Waals surface area contributed by atoms with E-state index in [0.29, 0.717) is 11.3 Å². The molecule has 0 spiro atoms. The van der Waals surface area contributed by atoms with Crippen LogP contribution in [-0.4, -0.2) is 26.8 Å². The van der Waals surface area contributed by atoms with Crippen LogP contribution in [0, 0.1) is 6.92 Å². The van der Waals surface area contributed by atoms with Gasteiger partial charge in [-0.25, -0.2) is 9.67 Å². The summed E-state index contributed by atoms with van der Waals surface area (Å²) in [6.07, 6.45) is -7.20. The van der Waals surface area contributed by atoms with Crippen LogP contribution in [0.15, 0.2) is 24.5 Å². The van der Waals surface area contributed by atoms with Gasteiger partial charge in [0.05, 0.1) is 16.6 Å². The fraction of sp³-hybridized carbons (Fsp3) is 0.267. The second-order valence-electron chi connectivity index (χ2n) is 5.42. The largest absolute Gasteiger partial charge is 0.433 e. The molecule has 3 heterocycles. The van der Waals surface area contributed by atoms with Crippen LogP contribution in [0.2, 0.25) is 0 Å². The first-order chi connectivity index (χ1) is 12.0. The molecule has 0 aliphatic rings. The standard InChI is InChI=1S/C15H11F6N5/c1-7-6-23-4-3-9(7)26-13(22-2)11-8(14(16,17)18)5-10(15(19,20)21)24-12(11)25-26/h3-6,22H,1-2H3. The Morgan fingerprint density at radius 1 is 1.08 bits per heavy atom. The monoisotopic (exact) mass is 375 g/mol. The van der Waals surface area contributed by atoms with Gasteiger partial charge in [0.25, 0.3) is 0 Å². The normalized spacial score (nSPS) is 12.6. The molecule has 3 rings (SSSR count). The van der Waals surface area contributed by atoms with E-state index in [1.165, 1.54) is 25.5 Å². The molecule has 0 unspecified atom stereocenters. The van der Waals surface area contributed by atoms with E-state index in [1.54, 1.807) is 6.92 Å². The minimum Gasteiger partial charge on any atom is -0.372 e. The number of hydrogen-bond donors (Lipinski definition) is 1. The molecular formula is C15H11F6N5. The number of fused-ring (bicyclic) bond motifs is 1. The molecule has 11 heteroatoms. The molecule has 0 radical (unpaired) electrons. The number of pyridine rings is 2. The fourth-order valence-electron chi connectivity index (χ4n) is 2.57. The summed E-state index contributed by atoms with van der Waals surface area (Å²) in [4.78, 5) is 7.17. The van der Waals surface area contributed by atoms with Gasteiger partial charge in [0.1, 0.15) is 11.5 Å². The van der Waals surface area contributed by atoms with E-state index in [-0.39, 0.29) is 11.9 Å². The fourth-order valence-corrected chi connectivity index (χ4v) is 2.57. The third-order valence-corrected chi connectivity index (χ3v) is 3.70. The molecule has 26 heavy (non-hydrogen) atoms. The second-order valence-corrected chi connectivity index (χ2v) is 5.42. The molecule has 0 aliphatic carbocycles. The maximum atomic E-state index is 13.4. The summed E-state index contributed by atoms with van der Waals surface area (Å²) >= 11 is 0. The number of anilines is 1. The Morgan fingerprint density at radius 2 is 1.77 bits per heavy atom. The molecular weight excluding hydrogens is 364 g/mol. The highest BCUT2D eigenvalue weighted by Gasteiger charge is 2.41. The summed E-state index contributed by atoms with van der Waals surface area (Å²) in [5.74, 6) is -0.122. The Hall–Kier alpha value is -2.85. The first kappa shape index (κ1) is 18.0. The van der Waals surface area contributed by atoms with Crippen LogP contribution in [0.4, 0.5) is 32.2 Å². The smallest absolute Gasteiger partial charge is 0.372 e.